The van der Waals surface area contributed by atoms with Crippen LogP contribution < -0.4 is 15.4 Å². The number of nitrogens with one attached hydrogen (secondary N) is 2. The van der Waals surface area contributed by atoms with Crippen LogP contribution in [0.5, 0.6) is 5.75 Å². The highest BCUT2D eigenvalue weighted by Gasteiger charge is 2.22. The number of hydrogen-bond acceptors (Lipinski definition) is 5. The molecule has 0 spiro atoms. The average molecular weight is 334 g/mol. The highest BCUT2D eigenvalue weighted by molar-refractivity contribution is 5.92. The third-order valence-electron chi connectivity index (χ3n) is 4.55. The van der Waals surface area contributed by atoms with E-state index < -0.39 is 0 Å². The summed E-state index contributed by atoms with van der Waals surface area (Å²) in [6, 6.07) is 8.07. The molecule has 0 saturated carbocycles. The summed E-state index contributed by atoms with van der Waals surface area (Å²) < 4.78 is 5.26. The second-order valence-electron chi connectivity index (χ2n) is 6.66. The van der Waals surface area contributed by atoms with Crippen molar-refractivity contribution in [1.29, 1.82) is 0 Å². The van der Waals surface area contributed by atoms with Crippen molar-refractivity contribution in [2.45, 2.75) is 25.4 Å². The molecule has 1 saturated heterocycles. The van der Waals surface area contributed by atoms with Gasteiger partial charge in [0.05, 0.1) is 12.8 Å². The molecule has 2 rings (SSSR count). The van der Waals surface area contributed by atoms with Crippen molar-refractivity contribution in [2.24, 2.45) is 0 Å². The summed E-state index contributed by atoms with van der Waals surface area (Å²) in [6.07, 6.45) is 0.435. The molecular weight excluding hydrogens is 304 g/mol. The summed E-state index contributed by atoms with van der Waals surface area (Å²) in [5, 5.41) is 6.41. The van der Waals surface area contributed by atoms with E-state index in [0.29, 0.717) is 23.9 Å². The molecule has 6 nitrogen and oxygen atoms in total. The van der Waals surface area contributed by atoms with Crippen LogP contribution >= 0.6 is 0 Å². The van der Waals surface area contributed by atoms with Crippen LogP contribution in [0.2, 0.25) is 0 Å². The lowest BCUT2D eigenvalue weighted by Crippen LogP contribution is -2.54. The second kappa shape index (κ2) is 9.01. The maximum Gasteiger partial charge on any atom is 0.226 e. The molecule has 1 fully saturated rings. The van der Waals surface area contributed by atoms with Crippen LogP contribution in [0.1, 0.15) is 13.3 Å². The molecule has 0 bridgehead atoms. The molecule has 1 amide bonds. The van der Waals surface area contributed by atoms with Gasteiger partial charge in [-0.2, -0.15) is 0 Å². The topological polar surface area (TPSA) is 56.8 Å². The summed E-state index contributed by atoms with van der Waals surface area (Å²) in [5.74, 6) is 0.673. The molecule has 2 N–H and O–H groups in total. The summed E-state index contributed by atoms with van der Waals surface area (Å²) in [5.41, 5.74) is 0.714. The van der Waals surface area contributed by atoms with Gasteiger partial charge >= 0.3 is 0 Å². The van der Waals surface area contributed by atoms with Crippen molar-refractivity contribution in [3.8, 4) is 5.75 Å². The largest absolute Gasteiger partial charge is 0.495 e. The molecule has 6 heteroatoms. The zero-order valence-electron chi connectivity index (χ0n) is 15.2. The number of nitrogens with zero attached hydrogens (tertiary/aromatic N) is 2. The minimum atomic E-state index is -0.00591. The van der Waals surface area contributed by atoms with E-state index >= 15 is 0 Å². The second-order valence-corrected chi connectivity index (χ2v) is 6.66. The molecule has 0 aromatic heterocycles. The molecule has 0 radical (unpaired) electrons. The minimum absolute atomic E-state index is 0.00591. The third kappa shape index (κ3) is 5.47. The molecule has 2 atom stereocenters. The number of rotatable bonds is 7. The first kappa shape index (κ1) is 18.7. The first-order chi connectivity index (χ1) is 11.5. The van der Waals surface area contributed by atoms with Gasteiger partial charge in [-0.1, -0.05) is 12.1 Å². The van der Waals surface area contributed by atoms with Gasteiger partial charge in [0.1, 0.15) is 5.75 Å². The molecule has 1 aliphatic heterocycles. The quantitative estimate of drug-likeness (QED) is 0.786. The summed E-state index contributed by atoms with van der Waals surface area (Å²) in [6.45, 7) is 6.21. The smallest absolute Gasteiger partial charge is 0.226 e. The number of carbonyl (C=O) groups is 1. The Kier molecular flexibility index (Phi) is 7.02. The fourth-order valence-electron chi connectivity index (χ4n) is 2.96. The Morgan fingerprint density at radius 3 is 2.83 bits per heavy atom. The number of carbonyl (C=O) groups excluding carboxylic acids is 1. The van der Waals surface area contributed by atoms with Crippen molar-refractivity contribution in [2.75, 3.05) is 52.7 Å². The van der Waals surface area contributed by atoms with E-state index in [1.807, 2.05) is 31.2 Å². The third-order valence-corrected chi connectivity index (χ3v) is 4.55. The molecular formula is C18H30N4O2. The number of piperazine rings is 1. The molecule has 1 aromatic carbocycles. The van der Waals surface area contributed by atoms with Gasteiger partial charge in [0.25, 0.3) is 0 Å². The molecule has 1 aliphatic rings. The van der Waals surface area contributed by atoms with Crippen molar-refractivity contribution in [1.82, 2.24) is 15.1 Å². The monoisotopic (exact) mass is 334 g/mol. The minimum Gasteiger partial charge on any atom is -0.495 e. The number of amides is 1. The Labute approximate surface area is 145 Å². The molecule has 24 heavy (non-hydrogen) atoms. The number of likely N-dealkylation sites (N-methyl/N-ethyl adjacent to an activating group) is 2. The van der Waals surface area contributed by atoms with Crippen molar-refractivity contribution < 1.29 is 9.53 Å². The lowest BCUT2D eigenvalue weighted by molar-refractivity contribution is -0.116. The van der Waals surface area contributed by atoms with Crippen molar-refractivity contribution in [3.05, 3.63) is 24.3 Å². The average Bonchev–Trinajstić information content (AvgIpc) is 2.56. The number of anilines is 1. The Morgan fingerprint density at radius 2 is 2.08 bits per heavy atom. The Hall–Kier alpha value is -1.63. The van der Waals surface area contributed by atoms with Crippen LogP contribution in [-0.4, -0.2) is 75.2 Å². The molecule has 1 heterocycles. The van der Waals surface area contributed by atoms with Gasteiger partial charge in [-0.05, 0) is 33.2 Å². The van der Waals surface area contributed by atoms with Gasteiger partial charge in [-0.3, -0.25) is 9.69 Å². The van der Waals surface area contributed by atoms with Crippen LogP contribution in [0.15, 0.2) is 24.3 Å². The summed E-state index contributed by atoms with van der Waals surface area (Å²) in [4.78, 5) is 17.0. The normalized spacial score (nSPS) is 20.6. The Balaban J connectivity index is 1.77. The summed E-state index contributed by atoms with van der Waals surface area (Å²) in [7, 11) is 5.93. The number of benzene rings is 1. The van der Waals surface area contributed by atoms with E-state index in [2.05, 4.69) is 34.5 Å². The van der Waals surface area contributed by atoms with Crippen LogP contribution in [0, 0.1) is 0 Å². The number of ether oxygens (including phenoxy) is 1. The van der Waals surface area contributed by atoms with Gasteiger partial charge in [-0.15, -0.1) is 0 Å². The number of para-hydroxylation sites is 2. The lowest BCUT2D eigenvalue weighted by atomic mass is 10.1. The van der Waals surface area contributed by atoms with Crippen LogP contribution in [-0.2, 0) is 4.79 Å². The van der Waals surface area contributed by atoms with Crippen LogP contribution in [0.3, 0.4) is 0 Å². The first-order valence-electron chi connectivity index (χ1n) is 8.54. The van der Waals surface area contributed by atoms with Gasteiger partial charge < -0.3 is 20.3 Å². The zero-order valence-corrected chi connectivity index (χ0v) is 15.2. The number of methoxy groups -OCH3 is 1. The van der Waals surface area contributed by atoms with Gasteiger partial charge in [-0.25, -0.2) is 0 Å². The van der Waals surface area contributed by atoms with Gasteiger partial charge in [0.15, 0.2) is 0 Å². The zero-order chi connectivity index (χ0) is 17.5. The van der Waals surface area contributed by atoms with Gasteiger partial charge in [0, 0.05) is 44.7 Å². The standard InChI is InChI=1S/C18H30N4O2/c1-14(19-12-15-13-21(2)9-10-22(15)3)11-18(23)20-16-7-5-6-8-17(16)24-4/h5-8,14-15,19H,9-13H2,1-4H3,(H,20,23)/t14-,15-/m1/s1. The molecule has 0 unspecified atom stereocenters. The van der Waals surface area contributed by atoms with E-state index in [0.717, 1.165) is 26.2 Å². The summed E-state index contributed by atoms with van der Waals surface area (Å²) >= 11 is 0. The fraction of sp³-hybridized carbons (Fsp3) is 0.611. The SMILES string of the molecule is COc1ccccc1NC(=O)C[C@@H](C)NC[C@@H]1CN(C)CCN1C. The predicted molar refractivity (Wildman–Crippen MR) is 97.6 cm³/mol. The van der Waals surface area contributed by atoms with E-state index in [1.54, 1.807) is 7.11 Å². The number of hydrogen-bond donors (Lipinski definition) is 2. The predicted octanol–water partition coefficient (Wildman–Crippen LogP) is 1.25. The van der Waals surface area contributed by atoms with Crippen LogP contribution in [0.25, 0.3) is 0 Å². The maximum atomic E-state index is 12.2. The fourth-order valence-corrected chi connectivity index (χ4v) is 2.96. The van der Waals surface area contributed by atoms with Gasteiger partial charge in [0.2, 0.25) is 5.91 Å². The lowest BCUT2D eigenvalue weighted by Gasteiger charge is -2.38. The van der Waals surface area contributed by atoms with Crippen molar-refractivity contribution >= 4 is 11.6 Å². The molecule has 134 valence electrons. The molecule has 1 aromatic rings. The Morgan fingerprint density at radius 1 is 1.33 bits per heavy atom. The van der Waals surface area contributed by atoms with E-state index in [-0.39, 0.29) is 11.9 Å². The molecule has 0 aliphatic carbocycles. The highest BCUT2D eigenvalue weighted by Crippen LogP contribution is 2.23. The van der Waals surface area contributed by atoms with Crippen molar-refractivity contribution in [3.63, 3.8) is 0 Å². The van der Waals surface area contributed by atoms with E-state index in [4.69, 9.17) is 4.74 Å². The maximum absolute atomic E-state index is 12.2. The highest BCUT2D eigenvalue weighted by atomic mass is 16.5. The first-order valence-corrected chi connectivity index (χ1v) is 8.54. The van der Waals surface area contributed by atoms with Crippen LogP contribution in [0.4, 0.5) is 5.69 Å². The van der Waals surface area contributed by atoms with E-state index in [9.17, 15) is 4.79 Å². The van der Waals surface area contributed by atoms with E-state index in [1.165, 1.54) is 0 Å². The Bertz CT molecular complexity index is 538.